The Bertz CT molecular complexity index is 1110. The molecule has 1 aromatic carbocycles. The summed E-state index contributed by atoms with van der Waals surface area (Å²) in [5.41, 5.74) is 3.91. The van der Waals surface area contributed by atoms with E-state index in [-0.39, 0.29) is 34.9 Å². The quantitative estimate of drug-likeness (QED) is 0.717. The van der Waals surface area contributed by atoms with Gasteiger partial charge in [-0.1, -0.05) is 0 Å². The van der Waals surface area contributed by atoms with Gasteiger partial charge in [0.2, 0.25) is 0 Å². The molecule has 1 saturated heterocycles. The number of benzene rings is 1. The maximum absolute atomic E-state index is 15.1. The first-order valence-electron chi connectivity index (χ1n) is 9.29. The second kappa shape index (κ2) is 6.41. The van der Waals surface area contributed by atoms with Crippen LogP contribution < -0.4 is 32.5 Å². The monoisotopic (exact) mass is 413 g/mol. The maximum atomic E-state index is 15.1. The highest BCUT2D eigenvalue weighted by atomic mass is 19.3. The molecule has 4 N–H and O–H groups in total. The van der Waals surface area contributed by atoms with E-state index in [2.05, 4.69) is 0 Å². The summed E-state index contributed by atoms with van der Waals surface area (Å²) >= 11 is 0. The third-order valence-corrected chi connectivity index (χ3v) is 5.71. The van der Waals surface area contributed by atoms with E-state index in [1.54, 1.807) is 0 Å². The SMILES string of the molecule is COc1c(N2CC(C(C)N)C(F)(F)C2)c(F)cc2c(=O)n(N)c(=O)n(C3CC3)c12. The predicted octanol–water partition coefficient (Wildman–Crippen LogP) is 0.778. The number of nitrogen functional groups attached to an aromatic ring is 1. The second-order valence-electron chi connectivity index (χ2n) is 7.80. The first-order chi connectivity index (χ1) is 13.6. The number of alkyl halides is 2. The number of fused-ring (bicyclic) bond motifs is 1. The van der Waals surface area contributed by atoms with E-state index in [1.165, 1.54) is 18.6 Å². The number of ether oxygens (including phenoxy) is 1. The van der Waals surface area contributed by atoms with E-state index < -0.39 is 41.5 Å². The molecule has 1 saturated carbocycles. The summed E-state index contributed by atoms with van der Waals surface area (Å²) in [4.78, 5) is 26.3. The summed E-state index contributed by atoms with van der Waals surface area (Å²) in [6, 6.07) is -0.0998. The molecule has 2 atom stereocenters. The van der Waals surface area contributed by atoms with Crippen molar-refractivity contribution >= 4 is 16.6 Å². The summed E-state index contributed by atoms with van der Waals surface area (Å²) in [5, 5.41) is -0.146. The molecule has 2 fully saturated rings. The number of aromatic nitrogens is 2. The van der Waals surface area contributed by atoms with Gasteiger partial charge in [-0.05, 0) is 25.8 Å². The Morgan fingerprint density at radius 1 is 1.31 bits per heavy atom. The molecule has 2 heterocycles. The highest BCUT2D eigenvalue weighted by Crippen LogP contribution is 2.45. The molecule has 158 valence electrons. The molecule has 0 bridgehead atoms. The summed E-state index contributed by atoms with van der Waals surface area (Å²) in [6.45, 7) is 0.537. The molecule has 1 aliphatic carbocycles. The average molecular weight is 413 g/mol. The largest absolute Gasteiger partial charge is 0.492 e. The molecular formula is C18H22F3N5O3. The number of anilines is 1. The molecule has 29 heavy (non-hydrogen) atoms. The van der Waals surface area contributed by atoms with Crippen LogP contribution in [0.1, 0.15) is 25.8 Å². The number of nitrogens with zero attached hydrogens (tertiary/aromatic N) is 3. The van der Waals surface area contributed by atoms with Crippen LogP contribution in [0.4, 0.5) is 18.9 Å². The van der Waals surface area contributed by atoms with Crippen LogP contribution in [0, 0.1) is 11.7 Å². The van der Waals surface area contributed by atoms with E-state index in [9.17, 15) is 18.4 Å². The minimum Gasteiger partial charge on any atom is -0.492 e. The van der Waals surface area contributed by atoms with Gasteiger partial charge in [-0.2, -0.15) is 4.68 Å². The van der Waals surface area contributed by atoms with Gasteiger partial charge < -0.3 is 21.2 Å². The molecule has 0 amide bonds. The van der Waals surface area contributed by atoms with Crippen LogP contribution >= 0.6 is 0 Å². The highest BCUT2D eigenvalue weighted by Gasteiger charge is 2.51. The lowest BCUT2D eigenvalue weighted by atomic mass is 9.98. The van der Waals surface area contributed by atoms with Gasteiger partial charge in [0.05, 0.1) is 25.0 Å². The van der Waals surface area contributed by atoms with E-state index in [4.69, 9.17) is 16.3 Å². The number of hydrogen-bond acceptors (Lipinski definition) is 6. The maximum Gasteiger partial charge on any atom is 0.350 e. The second-order valence-corrected chi connectivity index (χ2v) is 7.80. The van der Waals surface area contributed by atoms with Gasteiger partial charge in [-0.3, -0.25) is 9.36 Å². The van der Waals surface area contributed by atoms with Crippen molar-refractivity contribution in [2.45, 2.75) is 37.8 Å². The Balaban J connectivity index is 2.01. The minimum atomic E-state index is -3.13. The Morgan fingerprint density at radius 2 is 1.97 bits per heavy atom. The zero-order valence-corrected chi connectivity index (χ0v) is 16.0. The molecule has 2 aliphatic rings. The fraction of sp³-hybridized carbons (Fsp3) is 0.556. The van der Waals surface area contributed by atoms with E-state index in [1.807, 2.05) is 0 Å². The van der Waals surface area contributed by atoms with Crippen LogP contribution in [-0.2, 0) is 0 Å². The number of nitrogens with two attached hydrogens (primary N) is 2. The van der Waals surface area contributed by atoms with Gasteiger partial charge in [0.1, 0.15) is 11.2 Å². The molecule has 1 aliphatic heterocycles. The van der Waals surface area contributed by atoms with Crippen LogP contribution in [0.2, 0.25) is 0 Å². The first kappa shape index (κ1) is 19.6. The van der Waals surface area contributed by atoms with Crippen molar-refractivity contribution in [3.8, 4) is 5.75 Å². The molecule has 8 nitrogen and oxygen atoms in total. The number of rotatable bonds is 4. The lowest BCUT2D eigenvalue weighted by Crippen LogP contribution is -2.44. The zero-order valence-electron chi connectivity index (χ0n) is 16.0. The van der Waals surface area contributed by atoms with Crippen molar-refractivity contribution in [3.05, 3.63) is 32.7 Å². The Morgan fingerprint density at radius 3 is 2.48 bits per heavy atom. The van der Waals surface area contributed by atoms with Crippen molar-refractivity contribution in [2.24, 2.45) is 11.7 Å². The Hall–Kier alpha value is -2.69. The third-order valence-electron chi connectivity index (χ3n) is 5.71. The van der Waals surface area contributed by atoms with Gasteiger partial charge in [0.15, 0.2) is 11.6 Å². The van der Waals surface area contributed by atoms with Gasteiger partial charge in [0.25, 0.3) is 11.5 Å². The van der Waals surface area contributed by atoms with Gasteiger partial charge >= 0.3 is 5.69 Å². The molecule has 11 heteroatoms. The molecule has 1 aromatic heterocycles. The molecule has 0 spiro atoms. The van der Waals surface area contributed by atoms with E-state index in [0.717, 1.165) is 11.0 Å². The van der Waals surface area contributed by atoms with Gasteiger partial charge in [0, 0.05) is 18.6 Å². The van der Waals surface area contributed by atoms with Gasteiger partial charge in [-0.15, -0.1) is 0 Å². The zero-order chi connectivity index (χ0) is 21.2. The Kier molecular flexibility index (Phi) is 4.34. The standard InChI is InChI=1S/C18H22F3N5O3/c1-8(22)11-6-24(7-18(11,20)21)14-12(19)5-10-13(15(14)29-2)25(9-3-4-9)17(28)26(23)16(10)27/h5,8-9,11H,3-4,6-7,22-23H2,1-2H3. The van der Waals surface area contributed by atoms with Crippen molar-refractivity contribution in [1.82, 2.24) is 9.24 Å². The molecule has 2 unspecified atom stereocenters. The normalized spacial score (nSPS) is 22.3. The molecule has 0 radical (unpaired) electrons. The van der Waals surface area contributed by atoms with Crippen molar-refractivity contribution in [2.75, 3.05) is 30.9 Å². The number of halogens is 3. The fourth-order valence-corrected chi connectivity index (χ4v) is 4.12. The number of hydrogen-bond donors (Lipinski definition) is 2. The van der Waals surface area contributed by atoms with Crippen LogP contribution in [0.5, 0.6) is 5.75 Å². The first-order valence-corrected chi connectivity index (χ1v) is 9.29. The highest BCUT2D eigenvalue weighted by molar-refractivity contribution is 5.91. The summed E-state index contributed by atoms with van der Waals surface area (Å²) in [5.74, 6) is 0.239. The average Bonchev–Trinajstić information content (AvgIpc) is 3.42. The lowest BCUT2D eigenvalue weighted by molar-refractivity contribution is -0.0273. The smallest absolute Gasteiger partial charge is 0.350 e. The van der Waals surface area contributed by atoms with E-state index >= 15 is 4.39 Å². The van der Waals surface area contributed by atoms with Crippen LogP contribution in [-0.4, -0.2) is 41.4 Å². The Labute approximate surface area is 163 Å². The fourth-order valence-electron chi connectivity index (χ4n) is 4.12. The molecular weight excluding hydrogens is 391 g/mol. The minimum absolute atomic E-state index is 0.0654. The summed E-state index contributed by atoms with van der Waals surface area (Å²) < 4.78 is 51.1. The van der Waals surface area contributed by atoms with Crippen LogP contribution in [0.25, 0.3) is 10.9 Å². The van der Waals surface area contributed by atoms with E-state index in [0.29, 0.717) is 17.5 Å². The van der Waals surface area contributed by atoms with Crippen LogP contribution in [0.15, 0.2) is 15.7 Å². The summed E-state index contributed by atoms with van der Waals surface area (Å²) in [6.07, 6.45) is 1.36. The third kappa shape index (κ3) is 2.86. The van der Waals surface area contributed by atoms with Crippen molar-refractivity contribution in [1.29, 1.82) is 0 Å². The van der Waals surface area contributed by atoms with Gasteiger partial charge in [-0.25, -0.2) is 18.0 Å². The van der Waals surface area contributed by atoms with Crippen molar-refractivity contribution < 1.29 is 17.9 Å². The number of methoxy groups -OCH3 is 1. The summed E-state index contributed by atoms with van der Waals surface area (Å²) in [7, 11) is 1.24. The topological polar surface area (TPSA) is 109 Å². The molecule has 4 rings (SSSR count). The lowest BCUT2D eigenvalue weighted by Gasteiger charge is -2.24. The predicted molar refractivity (Wildman–Crippen MR) is 102 cm³/mol. The van der Waals surface area contributed by atoms with Crippen LogP contribution in [0.3, 0.4) is 0 Å². The molecule has 2 aromatic rings. The van der Waals surface area contributed by atoms with Crippen molar-refractivity contribution in [3.63, 3.8) is 0 Å².